The van der Waals surface area contributed by atoms with Crippen LogP contribution in [0.5, 0.6) is 0 Å². The number of hydrogen-bond acceptors (Lipinski definition) is 2. The molecule has 1 N–H and O–H groups in total. The number of likely N-dealkylation sites (N-methyl/N-ethyl adjacent to an activating group) is 1. The fourth-order valence-electron chi connectivity index (χ4n) is 1.42. The van der Waals surface area contributed by atoms with Crippen molar-refractivity contribution in [2.75, 3.05) is 20.1 Å². The molecule has 0 aliphatic rings. The minimum atomic E-state index is -0.209. The van der Waals surface area contributed by atoms with E-state index >= 15 is 0 Å². The molecule has 17 heavy (non-hydrogen) atoms. The van der Waals surface area contributed by atoms with Crippen LogP contribution in [0.1, 0.15) is 19.4 Å². The maximum absolute atomic E-state index is 13.4. The van der Waals surface area contributed by atoms with Crippen molar-refractivity contribution in [1.82, 2.24) is 10.2 Å². The molecule has 0 saturated carbocycles. The van der Waals surface area contributed by atoms with Gasteiger partial charge in [-0.2, -0.15) is 0 Å². The highest BCUT2D eigenvalue weighted by Crippen LogP contribution is 2.14. The maximum atomic E-state index is 13.4. The lowest BCUT2D eigenvalue weighted by Gasteiger charge is -2.21. The first-order chi connectivity index (χ1) is 8.00. The molecule has 0 unspecified atom stereocenters. The second kappa shape index (κ2) is 6.94. The lowest BCUT2D eigenvalue weighted by atomic mass is 10.2. The third-order valence-electron chi connectivity index (χ3n) is 2.85. The van der Waals surface area contributed by atoms with E-state index in [1.165, 1.54) is 6.07 Å². The first kappa shape index (κ1) is 14.4. The second-order valence-corrected chi connectivity index (χ2v) is 4.92. The number of nitrogens with zero attached hydrogens (tertiary/aromatic N) is 1. The number of halogens is 2. The van der Waals surface area contributed by atoms with Crippen LogP contribution < -0.4 is 5.32 Å². The summed E-state index contributed by atoms with van der Waals surface area (Å²) in [7, 11) is 2.08. The molecule has 2 nitrogen and oxygen atoms in total. The topological polar surface area (TPSA) is 15.3 Å². The van der Waals surface area contributed by atoms with Gasteiger partial charge in [0.05, 0.1) is 0 Å². The predicted octanol–water partition coefficient (Wildman–Crippen LogP) is 2.91. The highest BCUT2D eigenvalue weighted by Gasteiger charge is 2.04. The van der Waals surface area contributed by atoms with E-state index in [4.69, 9.17) is 11.6 Å². The molecular weight excluding hydrogens is 239 g/mol. The summed E-state index contributed by atoms with van der Waals surface area (Å²) in [6, 6.07) is 5.16. The Morgan fingerprint density at radius 3 is 2.76 bits per heavy atom. The number of rotatable bonds is 6. The van der Waals surface area contributed by atoms with Crippen LogP contribution in [-0.4, -0.2) is 31.1 Å². The van der Waals surface area contributed by atoms with E-state index in [1.54, 1.807) is 12.1 Å². The SMILES string of the molecule is CC(C)N(C)CCNCc1cc(Cl)ccc1F. The lowest BCUT2D eigenvalue weighted by Crippen LogP contribution is -2.33. The van der Waals surface area contributed by atoms with Gasteiger partial charge in [-0.15, -0.1) is 0 Å². The zero-order valence-corrected chi connectivity index (χ0v) is 11.4. The van der Waals surface area contributed by atoms with E-state index in [-0.39, 0.29) is 5.82 Å². The van der Waals surface area contributed by atoms with E-state index in [2.05, 4.69) is 31.1 Å². The number of benzene rings is 1. The summed E-state index contributed by atoms with van der Waals surface area (Å²) in [6.45, 7) is 6.59. The minimum absolute atomic E-state index is 0.209. The van der Waals surface area contributed by atoms with Crippen molar-refractivity contribution >= 4 is 11.6 Å². The number of nitrogens with one attached hydrogen (secondary N) is 1. The van der Waals surface area contributed by atoms with Gasteiger partial charge in [0, 0.05) is 36.3 Å². The smallest absolute Gasteiger partial charge is 0.127 e. The van der Waals surface area contributed by atoms with E-state index < -0.39 is 0 Å². The predicted molar refractivity (Wildman–Crippen MR) is 70.9 cm³/mol. The summed E-state index contributed by atoms with van der Waals surface area (Å²) in [5.41, 5.74) is 0.615. The Kier molecular flexibility index (Phi) is 5.89. The molecule has 0 radical (unpaired) electrons. The largest absolute Gasteiger partial charge is 0.311 e. The Morgan fingerprint density at radius 1 is 1.41 bits per heavy atom. The zero-order valence-electron chi connectivity index (χ0n) is 10.6. The van der Waals surface area contributed by atoms with E-state index in [1.807, 2.05) is 0 Å². The van der Waals surface area contributed by atoms with Gasteiger partial charge >= 0.3 is 0 Å². The Morgan fingerprint density at radius 2 is 2.12 bits per heavy atom. The molecular formula is C13H20ClFN2. The summed E-state index contributed by atoms with van der Waals surface area (Å²) < 4.78 is 13.4. The molecule has 0 atom stereocenters. The van der Waals surface area contributed by atoms with Crippen molar-refractivity contribution in [3.8, 4) is 0 Å². The van der Waals surface area contributed by atoms with Gasteiger partial charge in [-0.1, -0.05) is 11.6 Å². The van der Waals surface area contributed by atoms with Gasteiger partial charge in [0.25, 0.3) is 0 Å². The normalized spacial score (nSPS) is 11.5. The highest BCUT2D eigenvalue weighted by atomic mass is 35.5. The van der Waals surface area contributed by atoms with Gasteiger partial charge in [-0.25, -0.2) is 4.39 Å². The molecule has 4 heteroatoms. The molecule has 0 aromatic heterocycles. The first-order valence-electron chi connectivity index (χ1n) is 5.85. The van der Waals surface area contributed by atoms with Crippen molar-refractivity contribution in [1.29, 1.82) is 0 Å². The third kappa shape index (κ3) is 5.02. The average Bonchev–Trinajstić information content (AvgIpc) is 2.28. The van der Waals surface area contributed by atoms with Gasteiger partial charge in [0.2, 0.25) is 0 Å². The lowest BCUT2D eigenvalue weighted by molar-refractivity contribution is 0.273. The Bertz CT molecular complexity index is 355. The van der Waals surface area contributed by atoms with Gasteiger partial charge < -0.3 is 10.2 Å². The summed E-state index contributed by atoms with van der Waals surface area (Å²) in [4.78, 5) is 2.24. The van der Waals surface area contributed by atoms with Crippen LogP contribution in [-0.2, 0) is 6.54 Å². The Labute approximate surface area is 108 Å². The Balaban J connectivity index is 2.33. The van der Waals surface area contributed by atoms with Gasteiger partial charge in [0.15, 0.2) is 0 Å². The van der Waals surface area contributed by atoms with Crippen molar-refractivity contribution in [3.63, 3.8) is 0 Å². The molecule has 0 bridgehead atoms. The van der Waals surface area contributed by atoms with E-state index in [0.29, 0.717) is 23.2 Å². The van der Waals surface area contributed by atoms with Crippen LogP contribution in [0.15, 0.2) is 18.2 Å². The summed E-state index contributed by atoms with van der Waals surface area (Å²) in [6.07, 6.45) is 0. The van der Waals surface area contributed by atoms with Gasteiger partial charge in [-0.3, -0.25) is 0 Å². The third-order valence-corrected chi connectivity index (χ3v) is 3.08. The molecule has 1 aromatic rings. The maximum Gasteiger partial charge on any atom is 0.127 e. The molecule has 1 rings (SSSR count). The minimum Gasteiger partial charge on any atom is -0.311 e. The average molecular weight is 259 g/mol. The molecule has 0 spiro atoms. The number of hydrogen-bond donors (Lipinski definition) is 1. The van der Waals surface area contributed by atoms with Crippen molar-refractivity contribution in [3.05, 3.63) is 34.6 Å². The van der Waals surface area contributed by atoms with Crippen LogP contribution >= 0.6 is 11.6 Å². The summed E-state index contributed by atoms with van der Waals surface area (Å²) in [5.74, 6) is -0.209. The molecule has 1 aromatic carbocycles. The monoisotopic (exact) mass is 258 g/mol. The van der Waals surface area contributed by atoms with Crippen LogP contribution in [0.4, 0.5) is 4.39 Å². The van der Waals surface area contributed by atoms with Crippen LogP contribution in [0.25, 0.3) is 0 Å². The molecule has 0 fully saturated rings. The molecule has 0 aliphatic carbocycles. The van der Waals surface area contributed by atoms with Crippen LogP contribution in [0.2, 0.25) is 5.02 Å². The fourth-order valence-corrected chi connectivity index (χ4v) is 1.61. The van der Waals surface area contributed by atoms with Crippen LogP contribution in [0.3, 0.4) is 0 Å². The Hall–Kier alpha value is -0.640. The quantitative estimate of drug-likeness (QED) is 0.790. The molecule has 0 aliphatic heterocycles. The highest BCUT2D eigenvalue weighted by molar-refractivity contribution is 6.30. The first-order valence-corrected chi connectivity index (χ1v) is 6.23. The van der Waals surface area contributed by atoms with E-state index in [9.17, 15) is 4.39 Å². The standard InChI is InChI=1S/C13H20ClFN2/c1-10(2)17(3)7-6-16-9-11-8-12(14)4-5-13(11)15/h4-5,8,10,16H,6-7,9H2,1-3H3. The molecule has 0 heterocycles. The molecule has 0 amide bonds. The van der Waals surface area contributed by atoms with Crippen molar-refractivity contribution < 1.29 is 4.39 Å². The molecule has 0 saturated heterocycles. The van der Waals surface area contributed by atoms with E-state index in [0.717, 1.165) is 13.1 Å². The fraction of sp³-hybridized carbons (Fsp3) is 0.538. The second-order valence-electron chi connectivity index (χ2n) is 4.49. The van der Waals surface area contributed by atoms with Crippen molar-refractivity contribution in [2.24, 2.45) is 0 Å². The van der Waals surface area contributed by atoms with Gasteiger partial charge in [-0.05, 0) is 39.1 Å². The van der Waals surface area contributed by atoms with Crippen LogP contribution in [0, 0.1) is 5.82 Å². The summed E-state index contributed by atoms with van der Waals surface area (Å²) >= 11 is 5.82. The zero-order chi connectivity index (χ0) is 12.8. The summed E-state index contributed by atoms with van der Waals surface area (Å²) in [5, 5.41) is 3.79. The van der Waals surface area contributed by atoms with Crippen molar-refractivity contribution in [2.45, 2.75) is 26.4 Å². The molecule has 96 valence electrons. The van der Waals surface area contributed by atoms with Gasteiger partial charge in [0.1, 0.15) is 5.82 Å².